The first kappa shape index (κ1) is 10.6. The van der Waals surface area contributed by atoms with Crippen molar-refractivity contribution in [1.82, 2.24) is 4.98 Å². The van der Waals surface area contributed by atoms with Gasteiger partial charge in [0, 0.05) is 11.5 Å². The number of halogens is 3. The van der Waals surface area contributed by atoms with E-state index in [2.05, 4.69) is 20.9 Å². The first-order chi connectivity index (χ1) is 7.13. The molecule has 0 aliphatic rings. The van der Waals surface area contributed by atoms with Crippen LogP contribution in [0.2, 0.25) is 5.02 Å². The number of rotatable bonds is 1. The number of ether oxygens (including phenoxy) is 1. The van der Waals surface area contributed by atoms with E-state index in [4.69, 9.17) is 16.3 Å². The van der Waals surface area contributed by atoms with Crippen molar-refractivity contribution in [3.8, 4) is 5.75 Å². The fraction of sp³-hybridized carbons (Fsp3) is 0.100. The zero-order chi connectivity index (χ0) is 11.0. The van der Waals surface area contributed by atoms with Crippen LogP contribution in [0.15, 0.2) is 22.8 Å². The molecule has 0 N–H and O–H groups in total. The molecular weight excluding hydrogens is 284 g/mol. The van der Waals surface area contributed by atoms with Gasteiger partial charge in [-0.2, -0.15) is 0 Å². The summed E-state index contributed by atoms with van der Waals surface area (Å²) in [6, 6.07) is 5.09. The molecule has 15 heavy (non-hydrogen) atoms. The van der Waals surface area contributed by atoms with Crippen molar-refractivity contribution >= 4 is 38.4 Å². The van der Waals surface area contributed by atoms with Crippen molar-refractivity contribution in [2.24, 2.45) is 0 Å². The maximum absolute atomic E-state index is 13.4. The predicted octanol–water partition coefficient (Wildman–Crippen LogP) is 3.80. The fourth-order valence-corrected chi connectivity index (χ4v) is 2.03. The molecule has 0 atom stereocenters. The highest BCUT2D eigenvalue weighted by Crippen LogP contribution is 2.31. The first-order valence-corrected chi connectivity index (χ1v) is 5.29. The first-order valence-electron chi connectivity index (χ1n) is 4.11. The van der Waals surface area contributed by atoms with Crippen LogP contribution in [0, 0.1) is 5.82 Å². The minimum atomic E-state index is -0.547. The average molecular weight is 291 g/mol. The molecule has 1 aromatic carbocycles. The summed E-state index contributed by atoms with van der Waals surface area (Å²) in [7, 11) is 1.56. The third-order valence-electron chi connectivity index (χ3n) is 2.03. The number of nitrogens with zero attached hydrogens (tertiary/aromatic N) is 1. The Kier molecular flexibility index (Phi) is 2.80. The van der Waals surface area contributed by atoms with Gasteiger partial charge in [0.15, 0.2) is 5.82 Å². The standard InChI is InChI=1S/C10H6BrClFNO/c1-15-5-2-3-6-7(4-5)14-10(11)9(13)8(6)12/h2-4H,1H3. The number of aromatic nitrogens is 1. The number of methoxy groups -OCH3 is 1. The molecular formula is C10H6BrClFNO. The Labute approximate surface area is 99.1 Å². The summed E-state index contributed by atoms with van der Waals surface area (Å²) >= 11 is 8.84. The van der Waals surface area contributed by atoms with Gasteiger partial charge in [-0.25, -0.2) is 9.37 Å². The highest BCUT2D eigenvalue weighted by atomic mass is 79.9. The van der Waals surface area contributed by atoms with Gasteiger partial charge in [0.2, 0.25) is 0 Å². The lowest BCUT2D eigenvalue weighted by molar-refractivity contribution is 0.415. The monoisotopic (exact) mass is 289 g/mol. The predicted molar refractivity (Wildman–Crippen MR) is 61.0 cm³/mol. The second kappa shape index (κ2) is 3.94. The van der Waals surface area contributed by atoms with Crippen LogP contribution < -0.4 is 4.74 Å². The highest BCUT2D eigenvalue weighted by molar-refractivity contribution is 9.10. The summed E-state index contributed by atoms with van der Waals surface area (Å²) in [5.41, 5.74) is 0.590. The van der Waals surface area contributed by atoms with Crippen molar-refractivity contribution in [3.05, 3.63) is 33.6 Å². The Morgan fingerprint density at radius 3 is 2.87 bits per heavy atom. The van der Waals surface area contributed by atoms with Gasteiger partial charge in [-0.1, -0.05) is 11.6 Å². The van der Waals surface area contributed by atoms with Gasteiger partial charge in [0.05, 0.1) is 17.6 Å². The third kappa shape index (κ3) is 1.79. The number of hydrogen-bond donors (Lipinski definition) is 0. The second-order valence-corrected chi connectivity index (χ2v) is 4.04. The van der Waals surface area contributed by atoms with Crippen molar-refractivity contribution in [2.45, 2.75) is 0 Å². The van der Waals surface area contributed by atoms with E-state index in [9.17, 15) is 4.39 Å². The molecule has 0 aliphatic carbocycles. The van der Waals surface area contributed by atoms with Crippen LogP contribution in [0.1, 0.15) is 0 Å². The van der Waals surface area contributed by atoms with E-state index in [1.165, 1.54) is 0 Å². The lowest BCUT2D eigenvalue weighted by atomic mass is 10.2. The molecule has 0 bridgehead atoms. The minimum Gasteiger partial charge on any atom is -0.497 e. The van der Waals surface area contributed by atoms with Crippen LogP contribution in [-0.2, 0) is 0 Å². The molecule has 0 saturated heterocycles. The van der Waals surface area contributed by atoms with E-state index in [0.717, 1.165) is 0 Å². The van der Waals surface area contributed by atoms with Crippen LogP contribution in [0.5, 0.6) is 5.75 Å². The third-order valence-corrected chi connectivity index (χ3v) is 2.93. The van der Waals surface area contributed by atoms with Crippen molar-refractivity contribution in [3.63, 3.8) is 0 Å². The van der Waals surface area contributed by atoms with Crippen molar-refractivity contribution in [2.75, 3.05) is 7.11 Å². The molecule has 0 fully saturated rings. The molecule has 2 nitrogen and oxygen atoms in total. The Bertz CT molecular complexity index is 532. The van der Waals surface area contributed by atoms with Gasteiger partial charge in [-0.3, -0.25) is 0 Å². The number of hydrogen-bond acceptors (Lipinski definition) is 2. The van der Waals surface area contributed by atoms with Gasteiger partial charge in [-0.15, -0.1) is 0 Å². The molecule has 0 saturated carbocycles. The van der Waals surface area contributed by atoms with Crippen molar-refractivity contribution in [1.29, 1.82) is 0 Å². The number of fused-ring (bicyclic) bond motifs is 1. The van der Waals surface area contributed by atoms with Gasteiger partial charge < -0.3 is 4.74 Å². The van der Waals surface area contributed by atoms with Gasteiger partial charge in [-0.05, 0) is 28.1 Å². The largest absolute Gasteiger partial charge is 0.497 e. The minimum absolute atomic E-state index is 0.0644. The van der Waals surface area contributed by atoms with Crippen LogP contribution in [-0.4, -0.2) is 12.1 Å². The summed E-state index contributed by atoms with van der Waals surface area (Å²) in [6.07, 6.45) is 0. The van der Waals surface area contributed by atoms with E-state index in [1.807, 2.05) is 0 Å². The van der Waals surface area contributed by atoms with Gasteiger partial charge in [0.25, 0.3) is 0 Å². The average Bonchev–Trinajstić information content (AvgIpc) is 2.25. The molecule has 1 aromatic heterocycles. The lowest BCUT2D eigenvalue weighted by Gasteiger charge is -2.05. The zero-order valence-electron chi connectivity index (χ0n) is 7.72. The normalized spacial score (nSPS) is 10.7. The molecule has 0 unspecified atom stereocenters. The van der Waals surface area contributed by atoms with Crippen molar-refractivity contribution < 1.29 is 9.13 Å². The number of benzene rings is 1. The smallest absolute Gasteiger partial charge is 0.175 e. The summed E-state index contributed by atoms with van der Waals surface area (Å²) in [5, 5.41) is 0.632. The maximum atomic E-state index is 13.4. The molecule has 5 heteroatoms. The summed E-state index contributed by atoms with van der Waals surface area (Å²) < 4.78 is 18.5. The maximum Gasteiger partial charge on any atom is 0.175 e. The molecule has 0 aliphatic heterocycles. The Balaban J connectivity index is 2.80. The molecule has 2 rings (SSSR count). The van der Waals surface area contributed by atoms with E-state index in [-0.39, 0.29) is 9.63 Å². The topological polar surface area (TPSA) is 22.1 Å². The molecule has 0 radical (unpaired) electrons. The van der Waals surface area contributed by atoms with Gasteiger partial charge >= 0.3 is 0 Å². The van der Waals surface area contributed by atoms with E-state index < -0.39 is 5.82 Å². The Hall–Kier alpha value is -0.870. The molecule has 1 heterocycles. The van der Waals surface area contributed by atoms with E-state index in [1.54, 1.807) is 25.3 Å². The Morgan fingerprint density at radius 2 is 2.20 bits per heavy atom. The van der Waals surface area contributed by atoms with Crippen LogP contribution in [0.3, 0.4) is 0 Å². The molecule has 0 amide bonds. The van der Waals surface area contributed by atoms with Crippen LogP contribution in [0.4, 0.5) is 4.39 Å². The SMILES string of the molecule is COc1ccc2c(Cl)c(F)c(Br)nc2c1. The quantitative estimate of drug-likeness (QED) is 0.745. The summed E-state index contributed by atoms with van der Waals surface area (Å²) in [6.45, 7) is 0. The van der Waals surface area contributed by atoms with E-state index >= 15 is 0 Å². The second-order valence-electron chi connectivity index (χ2n) is 2.91. The fourth-order valence-electron chi connectivity index (χ4n) is 1.28. The van der Waals surface area contributed by atoms with Gasteiger partial charge in [0.1, 0.15) is 10.4 Å². The van der Waals surface area contributed by atoms with Crippen LogP contribution in [0.25, 0.3) is 10.9 Å². The van der Waals surface area contributed by atoms with E-state index in [0.29, 0.717) is 16.7 Å². The van der Waals surface area contributed by atoms with Crippen LogP contribution >= 0.6 is 27.5 Å². The molecule has 78 valence electrons. The number of pyridine rings is 1. The molecule has 2 aromatic rings. The summed E-state index contributed by atoms with van der Waals surface area (Å²) in [5.74, 6) is 0.110. The highest BCUT2D eigenvalue weighted by Gasteiger charge is 2.11. The zero-order valence-corrected chi connectivity index (χ0v) is 10.1. The summed E-state index contributed by atoms with van der Waals surface area (Å²) in [4.78, 5) is 4.02. The molecule has 0 spiro atoms. The Morgan fingerprint density at radius 1 is 1.47 bits per heavy atom. The lowest BCUT2D eigenvalue weighted by Crippen LogP contribution is -1.90.